The Morgan fingerprint density at radius 2 is 1.77 bits per heavy atom. The van der Waals surface area contributed by atoms with E-state index in [1.54, 1.807) is 0 Å². The van der Waals surface area contributed by atoms with Crippen molar-refractivity contribution in [1.29, 1.82) is 0 Å². The van der Waals surface area contributed by atoms with E-state index in [-0.39, 0.29) is 0 Å². The molecule has 4 N–H and O–H groups in total. The first-order valence-electron chi connectivity index (χ1n) is 3.84. The van der Waals surface area contributed by atoms with Gasteiger partial charge in [-0.2, -0.15) is 0 Å². The molecular formula is C9H9N3S. The molecule has 0 bridgehead atoms. The minimum atomic E-state index is 0.508. The van der Waals surface area contributed by atoms with E-state index >= 15 is 0 Å². The molecule has 3 nitrogen and oxygen atoms in total. The van der Waals surface area contributed by atoms with Crippen LogP contribution in [0.4, 0.5) is 10.9 Å². The molecule has 0 fully saturated rings. The highest BCUT2D eigenvalue weighted by Gasteiger charge is 2.07. The average Bonchev–Trinajstić information content (AvgIpc) is 2.47. The molecule has 1 heterocycles. The van der Waals surface area contributed by atoms with Crippen LogP contribution >= 0.6 is 11.3 Å². The van der Waals surface area contributed by atoms with E-state index in [2.05, 4.69) is 4.98 Å². The van der Waals surface area contributed by atoms with Gasteiger partial charge < -0.3 is 11.5 Å². The number of hydrogen-bond donors (Lipinski definition) is 2. The Bertz CT molecular complexity index is 408. The van der Waals surface area contributed by atoms with Crippen molar-refractivity contribution in [3.63, 3.8) is 0 Å². The molecule has 0 amide bonds. The monoisotopic (exact) mass is 191 g/mol. The van der Waals surface area contributed by atoms with Crippen LogP contribution in [0.15, 0.2) is 30.3 Å². The van der Waals surface area contributed by atoms with Crippen LogP contribution in [-0.2, 0) is 0 Å². The molecule has 1 aromatic heterocycles. The minimum Gasteiger partial charge on any atom is -0.382 e. The fourth-order valence-corrected chi connectivity index (χ4v) is 1.90. The highest BCUT2D eigenvalue weighted by atomic mass is 32.1. The Kier molecular flexibility index (Phi) is 1.90. The number of benzene rings is 1. The van der Waals surface area contributed by atoms with Gasteiger partial charge in [0.2, 0.25) is 0 Å². The van der Waals surface area contributed by atoms with Crippen molar-refractivity contribution in [2.75, 3.05) is 11.5 Å². The first-order chi connectivity index (χ1) is 6.27. The fraction of sp³-hybridized carbons (Fsp3) is 0. The molecule has 0 unspecified atom stereocenters. The second-order valence-electron chi connectivity index (χ2n) is 2.63. The van der Waals surface area contributed by atoms with Crippen LogP contribution in [0.2, 0.25) is 0 Å². The third-order valence-corrected chi connectivity index (χ3v) is 2.66. The number of rotatable bonds is 1. The molecule has 13 heavy (non-hydrogen) atoms. The highest BCUT2D eigenvalue weighted by molar-refractivity contribution is 7.19. The molecule has 0 saturated carbocycles. The number of aromatic nitrogens is 1. The van der Waals surface area contributed by atoms with E-state index in [1.807, 2.05) is 30.3 Å². The Morgan fingerprint density at radius 3 is 2.31 bits per heavy atom. The van der Waals surface area contributed by atoms with Crippen molar-refractivity contribution in [3.05, 3.63) is 30.3 Å². The fourth-order valence-electron chi connectivity index (χ4n) is 1.15. The quantitative estimate of drug-likeness (QED) is 0.724. The molecule has 2 aromatic rings. The third kappa shape index (κ3) is 1.48. The van der Waals surface area contributed by atoms with Crippen LogP contribution in [0.5, 0.6) is 0 Å². The summed E-state index contributed by atoms with van der Waals surface area (Å²) < 4.78 is 0. The largest absolute Gasteiger partial charge is 0.382 e. The average molecular weight is 191 g/mol. The predicted molar refractivity (Wildman–Crippen MR) is 56.4 cm³/mol. The number of hydrogen-bond acceptors (Lipinski definition) is 4. The van der Waals surface area contributed by atoms with Gasteiger partial charge in [0.1, 0.15) is 5.82 Å². The molecule has 0 spiro atoms. The zero-order valence-corrected chi connectivity index (χ0v) is 7.71. The molecule has 0 radical (unpaired) electrons. The van der Waals surface area contributed by atoms with E-state index in [4.69, 9.17) is 11.5 Å². The summed E-state index contributed by atoms with van der Waals surface area (Å²) in [6, 6.07) is 9.87. The van der Waals surface area contributed by atoms with Gasteiger partial charge >= 0.3 is 0 Å². The van der Waals surface area contributed by atoms with Crippen molar-refractivity contribution in [2.24, 2.45) is 0 Å². The topological polar surface area (TPSA) is 64.9 Å². The maximum Gasteiger partial charge on any atom is 0.182 e. The maximum absolute atomic E-state index is 5.69. The number of nitrogens with two attached hydrogens (primary N) is 2. The summed E-state index contributed by atoms with van der Waals surface area (Å²) in [5.74, 6) is 0.508. The number of anilines is 2. The summed E-state index contributed by atoms with van der Waals surface area (Å²) >= 11 is 1.41. The summed E-state index contributed by atoms with van der Waals surface area (Å²) in [5.41, 5.74) is 12.3. The molecule has 0 atom stereocenters. The minimum absolute atomic E-state index is 0.508. The SMILES string of the molecule is Nc1nc(N)c(-c2ccccc2)s1. The van der Waals surface area contributed by atoms with Gasteiger partial charge in [0.15, 0.2) is 5.13 Å². The zero-order valence-electron chi connectivity index (χ0n) is 6.90. The van der Waals surface area contributed by atoms with Crippen molar-refractivity contribution < 1.29 is 0 Å². The lowest BCUT2D eigenvalue weighted by atomic mass is 10.2. The van der Waals surface area contributed by atoms with E-state index in [0.717, 1.165) is 10.4 Å². The predicted octanol–water partition coefficient (Wildman–Crippen LogP) is 1.97. The van der Waals surface area contributed by atoms with Crippen molar-refractivity contribution in [2.45, 2.75) is 0 Å². The lowest BCUT2D eigenvalue weighted by Gasteiger charge is -1.95. The smallest absolute Gasteiger partial charge is 0.182 e. The first kappa shape index (κ1) is 8.07. The van der Waals surface area contributed by atoms with Gasteiger partial charge in [0, 0.05) is 0 Å². The van der Waals surface area contributed by atoms with E-state index in [9.17, 15) is 0 Å². The first-order valence-corrected chi connectivity index (χ1v) is 4.66. The Hall–Kier alpha value is -1.55. The Balaban J connectivity index is 2.53. The van der Waals surface area contributed by atoms with Crippen LogP contribution in [0.1, 0.15) is 0 Å². The van der Waals surface area contributed by atoms with Crippen molar-refractivity contribution in [1.82, 2.24) is 4.98 Å². The normalized spacial score (nSPS) is 10.2. The van der Waals surface area contributed by atoms with Crippen molar-refractivity contribution in [3.8, 4) is 10.4 Å². The number of thiazole rings is 1. The summed E-state index contributed by atoms with van der Waals surface area (Å²) in [6.07, 6.45) is 0. The molecule has 0 saturated heterocycles. The van der Waals surface area contributed by atoms with Crippen LogP contribution in [0.25, 0.3) is 10.4 Å². The Labute approximate surface area is 80.0 Å². The second-order valence-corrected chi connectivity index (χ2v) is 3.66. The molecule has 66 valence electrons. The molecule has 2 rings (SSSR count). The number of nitrogen functional groups attached to an aromatic ring is 2. The summed E-state index contributed by atoms with van der Waals surface area (Å²) in [4.78, 5) is 4.90. The van der Waals surface area contributed by atoms with E-state index in [1.165, 1.54) is 11.3 Å². The lowest BCUT2D eigenvalue weighted by molar-refractivity contribution is 1.43. The van der Waals surface area contributed by atoms with Crippen LogP contribution < -0.4 is 11.5 Å². The molecular weight excluding hydrogens is 182 g/mol. The Morgan fingerprint density at radius 1 is 1.08 bits per heavy atom. The van der Waals surface area contributed by atoms with Gasteiger partial charge in [-0.1, -0.05) is 41.7 Å². The molecule has 0 aliphatic heterocycles. The van der Waals surface area contributed by atoms with Gasteiger partial charge in [-0.25, -0.2) is 4.98 Å². The van der Waals surface area contributed by atoms with Crippen molar-refractivity contribution >= 4 is 22.3 Å². The van der Waals surface area contributed by atoms with Gasteiger partial charge in [0.25, 0.3) is 0 Å². The van der Waals surface area contributed by atoms with Crippen LogP contribution in [0, 0.1) is 0 Å². The van der Waals surface area contributed by atoms with Gasteiger partial charge in [0.05, 0.1) is 4.88 Å². The van der Waals surface area contributed by atoms with Gasteiger partial charge in [-0.15, -0.1) is 0 Å². The second kappa shape index (κ2) is 3.06. The molecule has 4 heteroatoms. The summed E-state index contributed by atoms with van der Waals surface area (Å²) in [6.45, 7) is 0. The van der Waals surface area contributed by atoms with Gasteiger partial charge in [-0.05, 0) is 5.56 Å². The molecule has 1 aromatic carbocycles. The zero-order chi connectivity index (χ0) is 9.26. The van der Waals surface area contributed by atoms with Crippen LogP contribution in [-0.4, -0.2) is 4.98 Å². The molecule has 0 aliphatic rings. The maximum atomic E-state index is 5.69. The lowest BCUT2D eigenvalue weighted by Crippen LogP contribution is -1.88. The summed E-state index contributed by atoms with van der Waals surface area (Å²) in [7, 11) is 0. The van der Waals surface area contributed by atoms with E-state index < -0.39 is 0 Å². The van der Waals surface area contributed by atoms with Gasteiger partial charge in [-0.3, -0.25) is 0 Å². The summed E-state index contributed by atoms with van der Waals surface area (Å²) in [5, 5.41) is 0.511. The standard InChI is InChI=1S/C9H9N3S/c10-8-7(13-9(11)12-8)6-4-2-1-3-5-6/h1-5H,10H2,(H2,11,12). The highest BCUT2D eigenvalue weighted by Crippen LogP contribution is 2.32. The number of nitrogens with zero attached hydrogens (tertiary/aromatic N) is 1. The molecule has 0 aliphatic carbocycles. The van der Waals surface area contributed by atoms with E-state index in [0.29, 0.717) is 10.9 Å². The third-order valence-electron chi connectivity index (χ3n) is 1.71. The van der Waals surface area contributed by atoms with Crippen LogP contribution in [0.3, 0.4) is 0 Å².